The molecule has 2 atom stereocenters. The molecule has 0 bridgehead atoms. The average molecular weight is 587 g/mol. The van der Waals surface area contributed by atoms with E-state index in [0.29, 0.717) is 11.5 Å². The van der Waals surface area contributed by atoms with Gasteiger partial charge in [0, 0.05) is 26.4 Å². The molecule has 2 saturated heterocycles. The third-order valence-corrected chi connectivity index (χ3v) is 12.6. The van der Waals surface area contributed by atoms with Crippen LogP contribution >= 0.6 is 70.6 Å². The predicted molar refractivity (Wildman–Crippen MR) is 144 cm³/mol. The molecule has 0 spiro atoms. The second kappa shape index (κ2) is 15.8. The Morgan fingerprint density at radius 1 is 0.765 bits per heavy atom. The molecule has 0 saturated carbocycles. The molecular weight excluding hydrogens is 561 g/mol. The lowest BCUT2D eigenvalue weighted by Crippen LogP contribution is -2.28. The van der Waals surface area contributed by atoms with Crippen molar-refractivity contribution < 1.29 is 38.7 Å². The molecule has 3 rings (SSSR count). The van der Waals surface area contributed by atoms with Crippen LogP contribution in [-0.2, 0) is 19.1 Å². The topological polar surface area (TPSA) is 112 Å². The van der Waals surface area contributed by atoms with Crippen LogP contribution in [0.5, 0.6) is 11.5 Å². The lowest BCUT2D eigenvalue weighted by Gasteiger charge is -2.20. The second-order valence-electron chi connectivity index (χ2n) is 6.87. The Bertz CT molecular complexity index is 716. The largest absolute Gasteiger partial charge is 0.491 e. The van der Waals surface area contributed by atoms with E-state index in [0.717, 1.165) is 20.3 Å². The minimum atomic E-state index is -0.961. The lowest BCUT2D eigenvalue weighted by atomic mass is 10.3. The summed E-state index contributed by atoms with van der Waals surface area (Å²) in [5.74, 6) is 0.264. The van der Waals surface area contributed by atoms with Gasteiger partial charge in [0.25, 0.3) is 0 Å². The van der Waals surface area contributed by atoms with Crippen LogP contribution in [-0.4, -0.2) is 90.3 Å². The van der Waals surface area contributed by atoms with Gasteiger partial charge in [-0.3, -0.25) is 0 Å². The Morgan fingerprint density at radius 3 is 1.59 bits per heavy atom. The molecule has 0 amide bonds. The highest BCUT2D eigenvalue weighted by Gasteiger charge is 2.26. The number of carbonyl (C=O) groups is 2. The minimum absolute atomic E-state index is 0.0498. The van der Waals surface area contributed by atoms with Gasteiger partial charge < -0.3 is 29.2 Å². The monoisotopic (exact) mass is 586 g/mol. The summed E-state index contributed by atoms with van der Waals surface area (Å²) in [4.78, 5) is 24.0. The Morgan fingerprint density at radius 2 is 1.18 bits per heavy atom. The maximum atomic E-state index is 12.0. The zero-order valence-electron chi connectivity index (χ0n) is 18.1. The van der Waals surface area contributed by atoms with E-state index in [1.165, 1.54) is 47.0 Å². The number of carbonyl (C=O) groups excluding carboxylic acids is 2. The third-order valence-electron chi connectivity index (χ3n) is 4.12. The van der Waals surface area contributed by atoms with Crippen molar-refractivity contribution in [2.24, 2.45) is 0 Å². The Balaban J connectivity index is 1.32. The van der Waals surface area contributed by atoms with Gasteiger partial charge in [-0.25, -0.2) is 9.59 Å². The van der Waals surface area contributed by atoms with Crippen LogP contribution in [0.25, 0.3) is 0 Å². The highest BCUT2D eigenvalue weighted by atomic mass is 32.3. The lowest BCUT2D eigenvalue weighted by molar-refractivity contribution is -0.145. The van der Waals surface area contributed by atoms with Gasteiger partial charge in [-0.2, -0.15) is 0 Å². The van der Waals surface area contributed by atoms with Crippen molar-refractivity contribution in [3.05, 3.63) is 24.3 Å². The van der Waals surface area contributed by atoms with Crippen molar-refractivity contribution in [3.8, 4) is 11.5 Å². The van der Waals surface area contributed by atoms with Crippen molar-refractivity contribution in [1.29, 1.82) is 0 Å². The number of rotatable bonds is 12. The fourth-order valence-electron chi connectivity index (χ4n) is 2.50. The number of hydrogen-bond acceptors (Lipinski definition) is 14. The molecule has 2 aliphatic rings. The van der Waals surface area contributed by atoms with E-state index in [-0.39, 0.29) is 47.5 Å². The molecule has 0 aliphatic carbocycles. The summed E-state index contributed by atoms with van der Waals surface area (Å²) in [5, 5.41) is 23.6. The van der Waals surface area contributed by atoms with Gasteiger partial charge in [-0.05, 0) is 12.1 Å². The van der Waals surface area contributed by atoms with E-state index in [9.17, 15) is 19.8 Å². The quantitative estimate of drug-likeness (QED) is 0.350. The van der Waals surface area contributed by atoms with E-state index < -0.39 is 12.2 Å². The predicted octanol–water partition coefficient (Wildman–Crippen LogP) is 3.16. The zero-order chi connectivity index (χ0) is 24.2. The van der Waals surface area contributed by atoms with Gasteiger partial charge >= 0.3 is 11.9 Å². The van der Waals surface area contributed by atoms with Gasteiger partial charge in [-0.15, -0.1) is 70.6 Å². The molecule has 14 heteroatoms. The first-order valence-electron chi connectivity index (χ1n) is 10.2. The fourth-order valence-corrected chi connectivity index (χ4v) is 11.4. The molecule has 2 heterocycles. The number of hydrogen-bond donors (Lipinski definition) is 2. The Labute approximate surface area is 224 Å². The molecule has 2 N–H and O–H groups in total. The van der Waals surface area contributed by atoms with Crippen molar-refractivity contribution in [2.75, 3.05) is 46.8 Å². The maximum Gasteiger partial charge on any atom is 0.329 e. The first-order chi connectivity index (χ1) is 16.5. The molecule has 34 heavy (non-hydrogen) atoms. The fraction of sp³-hybridized carbons (Fsp3) is 0.600. The number of benzene rings is 1. The van der Waals surface area contributed by atoms with Gasteiger partial charge in [0.2, 0.25) is 0 Å². The molecule has 1 aromatic rings. The summed E-state index contributed by atoms with van der Waals surface area (Å²) in [7, 11) is 0. The molecule has 2 unspecified atom stereocenters. The SMILES string of the molecule is O=C(OCC(O)COc1cccc(OCC(O)COC(=O)C2SCSCS2)c1)C1SCSCS1. The summed E-state index contributed by atoms with van der Waals surface area (Å²) in [6.07, 6.45) is -1.92. The van der Waals surface area contributed by atoms with Crippen LogP contribution in [0.3, 0.4) is 0 Å². The minimum Gasteiger partial charge on any atom is -0.491 e. The first kappa shape index (κ1) is 28.4. The Kier molecular flexibility index (Phi) is 13.2. The summed E-state index contributed by atoms with van der Waals surface area (Å²) < 4.78 is 21.0. The summed E-state index contributed by atoms with van der Waals surface area (Å²) in [6, 6.07) is 6.75. The molecule has 1 aromatic carbocycles. The van der Waals surface area contributed by atoms with Crippen LogP contribution in [0, 0.1) is 0 Å². The second-order valence-corrected chi connectivity index (χ2v) is 15.3. The van der Waals surface area contributed by atoms with Crippen molar-refractivity contribution in [1.82, 2.24) is 0 Å². The van der Waals surface area contributed by atoms with E-state index in [1.807, 2.05) is 0 Å². The van der Waals surface area contributed by atoms with Crippen LogP contribution < -0.4 is 9.47 Å². The molecule has 2 aliphatic heterocycles. The number of thioether (sulfide) groups is 6. The standard InChI is InChI=1S/C20H26O8S6/c21-13(7-27-17(23)19-31-9-29-10-32-19)5-25-15-2-1-3-16(4-15)26-6-14(22)8-28-18(24)20-33-11-30-12-34-20/h1-4,13-14,19-22H,5-12H2. The molecule has 0 aromatic heterocycles. The zero-order valence-corrected chi connectivity index (χ0v) is 23.0. The van der Waals surface area contributed by atoms with Crippen LogP contribution in [0.15, 0.2) is 24.3 Å². The number of esters is 2. The van der Waals surface area contributed by atoms with E-state index in [1.54, 1.807) is 47.8 Å². The van der Waals surface area contributed by atoms with E-state index in [2.05, 4.69) is 0 Å². The molecule has 0 radical (unpaired) electrons. The summed E-state index contributed by atoms with van der Waals surface area (Å²) in [5.41, 5.74) is 0. The van der Waals surface area contributed by atoms with Crippen molar-refractivity contribution in [2.45, 2.75) is 21.4 Å². The third kappa shape index (κ3) is 10.4. The van der Waals surface area contributed by atoms with Gasteiger partial charge in [0.05, 0.1) is 0 Å². The van der Waals surface area contributed by atoms with Crippen molar-refractivity contribution in [3.63, 3.8) is 0 Å². The number of ether oxygens (including phenoxy) is 4. The normalized spacial score (nSPS) is 19.1. The number of aliphatic hydroxyl groups excluding tert-OH is 2. The number of aliphatic hydroxyl groups is 2. The van der Waals surface area contributed by atoms with E-state index >= 15 is 0 Å². The van der Waals surface area contributed by atoms with E-state index in [4.69, 9.17) is 18.9 Å². The average Bonchev–Trinajstić information content (AvgIpc) is 2.89. The van der Waals surface area contributed by atoms with Crippen LogP contribution in [0.1, 0.15) is 0 Å². The highest BCUT2D eigenvalue weighted by molar-refractivity contribution is 8.33. The summed E-state index contributed by atoms with van der Waals surface area (Å²) in [6.45, 7) is -0.375. The van der Waals surface area contributed by atoms with Crippen LogP contribution in [0.2, 0.25) is 0 Å². The van der Waals surface area contributed by atoms with Gasteiger partial charge in [0.1, 0.15) is 59.3 Å². The van der Waals surface area contributed by atoms with Gasteiger partial charge in [-0.1, -0.05) is 6.07 Å². The van der Waals surface area contributed by atoms with Gasteiger partial charge in [0.15, 0.2) is 0 Å². The molecule has 2 fully saturated rings. The molecular formula is C20H26O8S6. The van der Waals surface area contributed by atoms with Crippen molar-refractivity contribution >= 4 is 82.5 Å². The highest BCUT2D eigenvalue weighted by Crippen LogP contribution is 2.37. The first-order valence-corrected chi connectivity index (χ1v) is 16.7. The molecule has 190 valence electrons. The smallest absolute Gasteiger partial charge is 0.329 e. The summed E-state index contributed by atoms with van der Waals surface area (Å²) >= 11 is 9.65. The van der Waals surface area contributed by atoms with Crippen LogP contribution in [0.4, 0.5) is 0 Å². The Hall–Kier alpha value is -0.220. The maximum absolute atomic E-state index is 12.0. The molecule has 8 nitrogen and oxygen atoms in total.